The van der Waals surface area contributed by atoms with Crippen LogP contribution in [0, 0.1) is 11.8 Å². The lowest BCUT2D eigenvalue weighted by Crippen LogP contribution is -2.60. The first-order valence-electron chi connectivity index (χ1n) is 12.0. The number of hydrogen-bond acceptors (Lipinski definition) is 5. The summed E-state index contributed by atoms with van der Waals surface area (Å²) >= 11 is 0. The number of amides is 2. The van der Waals surface area contributed by atoms with E-state index in [1.807, 2.05) is 50.2 Å². The largest absolute Gasteiger partial charge is 0.480 e. The third kappa shape index (κ3) is 5.03. The first kappa shape index (κ1) is 24.7. The summed E-state index contributed by atoms with van der Waals surface area (Å²) < 4.78 is 10.7. The Hall–Kier alpha value is -3.39. The zero-order valence-corrected chi connectivity index (χ0v) is 20.3. The summed E-state index contributed by atoms with van der Waals surface area (Å²) in [6.07, 6.45) is -0.0255. The van der Waals surface area contributed by atoms with Crippen molar-refractivity contribution in [2.45, 2.75) is 38.3 Å². The molecule has 4 rings (SSSR count). The quantitative estimate of drug-likeness (QED) is 0.629. The number of carbonyl (C=O) groups is 3. The summed E-state index contributed by atoms with van der Waals surface area (Å²) in [4.78, 5) is 39.4. The lowest BCUT2D eigenvalue weighted by molar-refractivity contribution is -0.157. The van der Waals surface area contributed by atoms with Gasteiger partial charge in [0.25, 0.3) is 0 Å². The number of hydrogen-bond donors (Lipinski definition) is 2. The molecule has 2 aliphatic rings. The van der Waals surface area contributed by atoms with E-state index < -0.39 is 30.1 Å². The van der Waals surface area contributed by atoms with Gasteiger partial charge in [-0.3, -0.25) is 4.79 Å². The predicted molar refractivity (Wildman–Crippen MR) is 130 cm³/mol. The second-order valence-electron chi connectivity index (χ2n) is 9.57. The summed E-state index contributed by atoms with van der Waals surface area (Å²) in [6, 6.07) is 14.1. The van der Waals surface area contributed by atoms with E-state index in [0.29, 0.717) is 6.54 Å². The number of likely N-dealkylation sites (tertiary alicyclic amines) is 1. The van der Waals surface area contributed by atoms with Gasteiger partial charge in [-0.1, -0.05) is 62.4 Å². The summed E-state index contributed by atoms with van der Waals surface area (Å²) in [5, 5.41) is 12.3. The van der Waals surface area contributed by atoms with Crippen molar-refractivity contribution in [2.75, 3.05) is 26.9 Å². The van der Waals surface area contributed by atoms with Crippen molar-refractivity contribution in [3.63, 3.8) is 0 Å². The number of fused-ring (bicyclic) bond motifs is 3. The van der Waals surface area contributed by atoms with Crippen molar-refractivity contribution in [3.8, 4) is 11.1 Å². The van der Waals surface area contributed by atoms with E-state index >= 15 is 0 Å². The fourth-order valence-corrected chi connectivity index (χ4v) is 5.52. The normalized spacial score (nSPS) is 22.1. The topological polar surface area (TPSA) is 105 Å². The highest BCUT2D eigenvalue weighted by atomic mass is 16.5. The van der Waals surface area contributed by atoms with Crippen LogP contribution in [0.1, 0.15) is 37.3 Å². The monoisotopic (exact) mass is 480 g/mol. The molecule has 186 valence electrons. The molecular formula is C27H32N2O6. The van der Waals surface area contributed by atoms with Gasteiger partial charge in [0.2, 0.25) is 5.91 Å². The predicted octanol–water partition coefficient (Wildman–Crippen LogP) is 3.50. The fraction of sp³-hybridized carbons (Fsp3) is 0.444. The van der Waals surface area contributed by atoms with Crippen molar-refractivity contribution >= 4 is 18.0 Å². The molecule has 0 saturated carbocycles. The van der Waals surface area contributed by atoms with Crippen LogP contribution in [0.15, 0.2) is 48.5 Å². The maximum absolute atomic E-state index is 13.3. The Morgan fingerprint density at radius 2 is 1.66 bits per heavy atom. The number of aliphatic carboxylic acids is 1. The van der Waals surface area contributed by atoms with E-state index in [2.05, 4.69) is 17.4 Å². The summed E-state index contributed by atoms with van der Waals surface area (Å²) in [7, 11) is 1.43. The van der Waals surface area contributed by atoms with E-state index in [9.17, 15) is 19.5 Å². The maximum Gasteiger partial charge on any atom is 0.407 e. The van der Waals surface area contributed by atoms with E-state index in [1.165, 1.54) is 12.0 Å². The lowest BCUT2D eigenvalue weighted by atomic mass is 9.84. The molecule has 35 heavy (non-hydrogen) atoms. The number of piperidine rings is 1. The average molecular weight is 481 g/mol. The zero-order chi connectivity index (χ0) is 25.1. The molecule has 8 heteroatoms. The Balaban J connectivity index is 1.45. The van der Waals surface area contributed by atoms with Gasteiger partial charge in [-0.15, -0.1) is 0 Å². The van der Waals surface area contributed by atoms with Gasteiger partial charge in [-0.05, 0) is 40.5 Å². The molecule has 1 saturated heterocycles. The van der Waals surface area contributed by atoms with Crippen LogP contribution in [0.25, 0.3) is 11.1 Å². The Labute approximate surface area is 205 Å². The van der Waals surface area contributed by atoms with Crippen LogP contribution in [-0.4, -0.2) is 66.9 Å². The Morgan fingerprint density at radius 3 is 2.23 bits per heavy atom. The lowest BCUT2D eigenvalue weighted by Gasteiger charge is -2.41. The molecule has 0 aromatic heterocycles. The number of benzene rings is 2. The minimum absolute atomic E-state index is 0.0887. The minimum atomic E-state index is -1.05. The van der Waals surface area contributed by atoms with Gasteiger partial charge in [0, 0.05) is 19.6 Å². The molecule has 4 atom stereocenters. The molecule has 1 aliphatic carbocycles. The third-order valence-corrected chi connectivity index (χ3v) is 6.96. The van der Waals surface area contributed by atoms with E-state index in [4.69, 9.17) is 9.47 Å². The molecule has 0 bridgehead atoms. The Morgan fingerprint density at radius 1 is 1.06 bits per heavy atom. The van der Waals surface area contributed by atoms with Crippen LogP contribution in [-0.2, 0) is 19.1 Å². The molecule has 1 heterocycles. The van der Waals surface area contributed by atoms with Crippen LogP contribution in [0.5, 0.6) is 0 Å². The van der Waals surface area contributed by atoms with Gasteiger partial charge in [0.15, 0.2) is 0 Å². The first-order chi connectivity index (χ1) is 16.8. The molecule has 1 fully saturated rings. The fourth-order valence-electron chi connectivity index (χ4n) is 5.52. The zero-order valence-electron chi connectivity index (χ0n) is 20.3. The molecule has 3 unspecified atom stereocenters. The highest BCUT2D eigenvalue weighted by Gasteiger charge is 2.42. The average Bonchev–Trinajstić information content (AvgIpc) is 3.15. The number of carboxylic acids is 1. The Kier molecular flexibility index (Phi) is 7.40. The van der Waals surface area contributed by atoms with Gasteiger partial charge < -0.3 is 24.8 Å². The number of nitrogens with zero attached hydrogens (tertiary/aromatic N) is 1. The SMILES string of the molecule is COC[C@H](NC(=O)OCC1c2ccccc2-c2ccccc21)C(=O)N1CC(C)CC(C)C1C(=O)O. The van der Waals surface area contributed by atoms with Gasteiger partial charge >= 0.3 is 12.1 Å². The van der Waals surface area contributed by atoms with Gasteiger partial charge in [-0.25, -0.2) is 9.59 Å². The van der Waals surface area contributed by atoms with Crippen molar-refractivity contribution in [1.29, 1.82) is 0 Å². The summed E-state index contributed by atoms with van der Waals surface area (Å²) in [5.74, 6) is -1.67. The number of carbonyl (C=O) groups excluding carboxylic acids is 2. The minimum Gasteiger partial charge on any atom is -0.480 e. The molecule has 0 spiro atoms. The highest BCUT2D eigenvalue weighted by Crippen LogP contribution is 2.44. The van der Waals surface area contributed by atoms with Crippen LogP contribution in [0.4, 0.5) is 4.79 Å². The second-order valence-corrected chi connectivity index (χ2v) is 9.57. The number of ether oxygens (including phenoxy) is 2. The highest BCUT2D eigenvalue weighted by molar-refractivity contribution is 5.90. The van der Waals surface area contributed by atoms with Crippen molar-refractivity contribution in [2.24, 2.45) is 11.8 Å². The van der Waals surface area contributed by atoms with Crippen LogP contribution in [0.2, 0.25) is 0 Å². The number of rotatable bonds is 7. The van der Waals surface area contributed by atoms with E-state index in [-0.39, 0.29) is 31.0 Å². The molecule has 2 aromatic carbocycles. The number of alkyl carbamates (subject to hydrolysis) is 1. The number of nitrogens with one attached hydrogen (secondary N) is 1. The standard InChI is InChI=1S/C27H32N2O6/c1-16-12-17(2)24(26(31)32)29(13-16)25(30)23(15-34-3)28-27(33)35-14-22-20-10-6-4-8-18(20)19-9-5-7-11-21(19)22/h4-11,16-17,22-24H,12-15H2,1-3H3,(H,28,33)(H,31,32)/t16?,17?,23-,24?/m0/s1. The van der Waals surface area contributed by atoms with Crippen LogP contribution < -0.4 is 5.32 Å². The maximum atomic E-state index is 13.3. The summed E-state index contributed by atoms with van der Waals surface area (Å²) in [6.45, 7) is 4.16. The van der Waals surface area contributed by atoms with Crippen molar-refractivity contribution in [3.05, 3.63) is 59.7 Å². The van der Waals surface area contributed by atoms with Gasteiger partial charge in [0.1, 0.15) is 18.7 Å². The van der Waals surface area contributed by atoms with Gasteiger partial charge in [-0.2, -0.15) is 0 Å². The molecule has 1 aliphatic heterocycles. The molecular weight excluding hydrogens is 448 g/mol. The third-order valence-electron chi connectivity index (χ3n) is 6.96. The number of carboxylic acid groups (broad SMARTS) is 1. The van der Waals surface area contributed by atoms with Crippen molar-refractivity contribution in [1.82, 2.24) is 10.2 Å². The van der Waals surface area contributed by atoms with Gasteiger partial charge in [0.05, 0.1) is 6.61 Å². The molecule has 8 nitrogen and oxygen atoms in total. The van der Waals surface area contributed by atoms with Crippen LogP contribution in [0.3, 0.4) is 0 Å². The molecule has 2 amide bonds. The number of methoxy groups -OCH3 is 1. The molecule has 2 aromatic rings. The second kappa shape index (κ2) is 10.5. The summed E-state index contributed by atoms with van der Waals surface area (Å²) in [5.41, 5.74) is 4.42. The van der Waals surface area contributed by atoms with E-state index in [1.54, 1.807) is 0 Å². The smallest absolute Gasteiger partial charge is 0.407 e. The van der Waals surface area contributed by atoms with E-state index in [0.717, 1.165) is 28.7 Å². The van der Waals surface area contributed by atoms with Crippen molar-refractivity contribution < 1.29 is 29.0 Å². The molecule has 0 radical (unpaired) electrons. The first-order valence-corrected chi connectivity index (χ1v) is 12.0. The Bertz CT molecular complexity index is 1060. The van der Waals surface area contributed by atoms with Crippen LogP contribution >= 0.6 is 0 Å². The molecule has 2 N–H and O–H groups in total.